The maximum atomic E-state index is 11.0. The topological polar surface area (TPSA) is 83.5 Å². The lowest BCUT2D eigenvalue weighted by Crippen LogP contribution is -2.50. The number of pyridine rings is 1. The Morgan fingerprint density at radius 1 is 1.25 bits per heavy atom. The Bertz CT molecular complexity index is 694. The van der Waals surface area contributed by atoms with Crippen LogP contribution in [0.3, 0.4) is 0 Å². The lowest BCUT2D eigenvalue weighted by molar-refractivity contribution is 0.141. The molecular formula is C18H21N3O3. The third-order valence-electron chi connectivity index (χ3n) is 4.46. The van der Waals surface area contributed by atoms with E-state index in [1.807, 2.05) is 36.4 Å². The molecule has 0 radical (unpaired) electrons. The van der Waals surface area contributed by atoms with Crippen molar-refractivity contribution in [3.05, 3.63) is 53.9 Å². The van der Waals surface area contributed by atoms with Crippen molar-refractivity contribution in [2.24, 2.45) is 0 Å². The largest absolute Gasteiger partial charge is 0.497 e. The van der Waals surface area contributed by atoms with Crippen LogP contribution in [-0.2, 0) is 12.1 Å². The summed E-state index contributed by atoms with van der Waals surface area (Å²) in [7, 11) is 1.65. The quantitative estimate of drug-likeness (QED) is 0.758. The Kier molecular flexibility index (Phi) is 4.55. The molecule has 3 rings (SSSR count). The SMILES string of the molecule is COc1ccc(CNc2ccc(C3(NC(=O)O)CCC3)nc2)cc1. The highest BCUT2D eigenvalue weighted by Gasteiger charge is 2.41. The molecule has 24 heavy (non-hydrogen) atoms. The molecule has 1 aromatic heterocycles. The van der Waals surface area contributed by atoms with Crippen molar-refractivity contribution in [2.45, 2.75) is 31.3 Å². The second kappa shape index (κ2) is 6.78. The second-order valence-electron chi connectivity index (χ2n) is 6.00. The van der Waals surface area contributed by atoms with Crippen molar-refractivity contribution in [3.63, 3.8) is 0 Å². The number of aromatic nitrogens is 1. The molecule has 1 aliphatic carbocycles. The van der Waals surface area contributed by atoms with Crippen molar-refractivity contribution < 1.29 is 14.6 Å². The van der Waals surface area contributed by atoms with Crippen LogP contribution in [0, 0.1) is 0 Å². The predicted octanol–water partition coefficient (Wildman–Crippen LogP) is 3.35. The molecule has 1 heterocycles. The highest BCUT2D eigenvalue weighted by atomic mass is 16.5. The Morgan fingerprint density at radius 2 is 2.00 bits per heavy atom. The van der Waals surface area contributed by atoms with Crippen molar-refractivity contribution in [3.8, 4) is 5.75 Å². The minimum Gasteiger partial charge on any atom is -0.497 e. The summed E-state index contributed by atoms with van der Waals surface area (Å²) in [5, 5.41) is 15.0. The highest BCUT2D eigenvalue weighted by Crippen LogP contribution is 2.40. The molecular weight excluding hydrogens is 306 g/mol. The van der Waals surface area contributed by atoms with E-state index in [2.05, 4.69) is 15.6 Å². The summed E-state index contributed by atoms with van der Waals surface area (Å²) in [5.74, 6) is 0.835. The molecule has 1 amide bonds. The van der Waals surface area contributed by atoms with E-state index in [1.54, 1.807) is 13.3 Å². The first-order valence-electron chi connectivity index (χ1n) is 7.96. The molecule has 2 aromatic rings. The van der Waals surface area contributed by atoms with E-state index in [9.17, 15) is 4.79 Å². The molecule has 0 aliphatic heterocycles. The van der Waals surface area contributed by atoms with Gasteiger partial charge in [-0.1, -0.05) is 12.1 Å². The summed E-state index contributed by atoms with van der Waals surface area (Å²) in [6, 6.07) is 11.7. The fourth-order valence-electron chi connectivity index (χ4n) is 2.91. The number of hydrogen-bond acceptors (Lipinski definition) is 4. The Hall–Kier alpha value is -2.76. The molecule has 0 unspecified atom stereocenters. The fraction of sp³-hybridized carbons (Fsp3) is 0.333. The van der Waals surface area contributed by atoms with Gasteiger partial charge in [0.1, 0.15) is 5.75 Å². The van der Waals surface area contributed by atoms with Crippen LogP contribution < -0.4 is 15.4 Å². The molecule has 0 saturated heterocycles. The van der Waals surface area contributed by atoms with Crippen LogP contribution >= 0.6 is 0 Å². The molecule has 0 spiro atoms. The third kappa shape index (κ3) is 3.42. The first-order chi connectivity index (χ1) is 11.6. The van der Waals surface area contributed by atoms with Gasteiger partial charge in [-0.3, -0.25) is 4.98 Å². The summed E-state index contributed by atoms with van der Waals surface area (Å²) in [6.07, 6.45) is 3.36. The first-order valence-corrected chi connectivity index (χ1v) is 7.96. The zero-order chi connectivity index (χ0) is 17.0. The standard InChI is InChI=1S/C18H21N3O3/c1-24-15-6-3-13(4-7-15)11-19-14-5-8-16(20-12-14)18(9-2-10-18)21-17(22)23/h3-8,12,19,21H,2,9-11H2,1H3,(H,22,23). The Labute approximate surface area is 140 Å². The lowest BCUT2D eigenvalue weighted by atomic mass is 9.74. The number of nitrogens with zero attached hydrogens (tertiary/aromatic N) is 1. The summed E-state index contributed by atoms with van der Waals surface area (Å²) >= 11 is 0. The molecule has 6 heteroatoms. The van der Waals surface area contributed by atoms with Gasteiger partial charge in [0.05, 0.1) is 30.2 Å². The predicted molar refractivity (Wildman–Crippen MR) is 91.2 cm³/mol. The number of hydrogen-bond donors (Lipinski definition) is 3. The van der Waals surface area contributed by atoms with Gasteiger partial charge in [0, 0.05) is 6.54 Å². The maximum Gasteiger partial charge on any atom is 0.405 e. The summed E-state index contributed by atoms with van der Waals surface area (Å²) in [5.41, 5.74) is 2.31. The number of benzene rings is 1. The van der Waals surface area contributed by atoms with Crippen molar-refractivity contribution >= 4 is 11.8 Å². The van der Waals surface area contributed by atoms with E-state index in [4.69, 9.17) is 9.84 Å². The van der Waals surface area contributed by atoms with Crippen LogP contribution in [-0.4, -0.2) is 23.3 Å². The molecule has 126 valence electrons. The smallest absolute Gasteiger partial charge is 0.405 e. The van der Waals surface area contributed by atoms with E-state index in [0.717, 1.165) is 42.0 Å². The van der Waals surface area contributed by atoms with Gasteiger partial charge >= 0.3 is 6.09 Å². The number of methoxy groups -OCH3 is 1. The van der Waals surface area contributed by atoms with E-state index >= 15 is 0 Å². The molecule has 0 atom stereocenters. The minimum atomic E-state index is -1.00. The number of rotatable bonds is 6. The molecule has 1 saturated carbocycles. The third-order valence-corrected chi connectivity index (χ3v) is 4.46. The van der Waals surface area contributed by atoms with Gasteiger partial charge in [-0.25, -0.2) is 4.79 Å². The maximum absolute atomic E-state index is 11.0. The second-order valence-corrected chi connectivity index (χ2v) is 6.00. The summed E-state index contributed by atoms with van der Waals surface area (Å²) < 4.78 is 5.14. The molecule has 3 N–H and O–H groups in total. The monoisotopic (exact) mass is 327 g/mol. The number of amides is 1. The number of carbonyl (C=O) groups is 1. The number of carboxylic acid groups (broad SMARTS) is 1. The van der Waals surface area contributed by atoms with Crippen LogP contribution in [0.25, 0.3) is 0 Å². The van der Waals surface area contributed by atoms with Gasteiger partial charge in [0.15, 0.2) is 0 Å². The fourth-order valence-corrected chi connectivity index (χ4v) is 2.91. The molecule has 1 fully saturated rings. The molecule has 1 aliphatic rings. The van der Waals surface area contributed by atoms with Crippen molar-refractivity contribution in [1.29, 1.82) is 0 Å². The van der Waals surface area contributed by atoms with Gasteiger partial charge in [-0.2, -0.15) is 0 Å². The molecule has 6 nitrogen and oxygen atoms in total. The van der Waals surface area contributed by atoms with Gasteiger partial charge in [0.2, 0.25) is 0 Å². The highest BCUT2D eigenvalue weighted by molar-refractivity contribution is 5.66. The van der Waals surface area contributed by atoms with E-state index < -0.39 is 11.6 Å². The average molecular weight is 327 g/mol. The van der Waals surface area contributed by atoms with Crippen molar-refractivity contribution in [1.82, 2.24) is 10.3 Å². The Balaban J connectivity index is 1.62. The van der Waals surface area contributed by atoms with Crippen LogP contribution in [0.5, 0.6) is 5.75 Å². The average Bonchev–Trinajstić information content (AvgIpc) is 2.57. The van der Waals surface area contributed by atoms with Crippen LogP contribution in [0.2, 0.25) is 0 Å². The van der Waals surface area contributed by atoms with E-state index in [0.29, 0.717) is 6.54 Å². The molecule has 0 bridgehead atoms. The normalized spacial score (nSPS) is 15.2. The zero-order valence-electron chi connectivity index (χ0n) is 13.6. The number of ether oxygens (including phenoxy) is 1. The zero-order valence-corrected chi connectivity index (χ0v) is 13.6. The summed E-state index contributed by atoms with van der Waals surface area (Å²) in [4.78, 5) is 15.5. The van der Waals surface area contributed by atoms with Crippen LogP contribution in [0.4, 0.5) is 10.5 Å². The van der Waals surface area contributed by atoms with Gasteiger partial charge < -0.3 is 20.5 Å². The van der Waals surface area contributed by atoms with Gasteiger partial charge in [0.25, 0.3) is 0 Å². The van der Waals surface area contributed by atoms with Crippen LogP contribution in [0.1, 0.15) is 30.5 Å². The van der Waals surface area contributed by atoms with Crippen LogP contribution in [0.15, 0.2) is 42.6 Å². The first kappa shape index (κ1) is 16.1. The van der Waals surface area contributed by atoms with Crippen molar-refractivity contribution in [2.75, 3.05) is 12.4 Å². The Morgan fingerprint density at radius 3 is 2.50 bits per heavy atom. The van der Waals surface area contributed by atoms with Gasteiger partial charge in [-0.15, -0.1) is 0 Å². The van der Waals surface area contributed by atoms with E-state index in [-0.39, 0.29) is 0 Å². The summed E-state index contributed by atoms with van der Waals surface area (Å²) in [6.45, 7) is 0.684. The molecule has 1 aromatic carbocycles. The number of nitrogens with one attached hydrogen (secondary N) is 2. The number of anilines is 1. The van der Waals surface area contributed by atoms with E-state index in [1.165, 1.54) is 0 Å². The van der Waals surface area contributed by atoms with Gasteiger partial charge in [-0.05, 0) is 49.1 Å². The lowest BCUT2D eigenvalue weighted by Gasteiger charge is -2.41. The minimum absolute atomic E-state index is 0.514.